The molecule has 0 aliphatic rings. The van der Waals surface area contributed by atoms with Gasteiger partial charge in [-0.3, -0.25) is 4.79 Å². The highest BCUT2D eigenvalue weighted by Gasteiger charge is 2.04. The first-order chi connectivity index (χ1) is 6.74. The molecule has 1 aromatic heterocycles. The quantitative estimate of drug-likeness (QED) is 0.648. The Morgan fingerprint density at radius 1 is 1.50 bits per heavy atom. The standard InChI is InChI=1S/C9H12N2O3/c10-4-1-5-11-9(13)7-2-3-8(12)14-6-7/h2-3,6H,1,4-5,10H2,(H,11,13). The van der Waals surface area contributed by atoms with Crippen LogP contribution in [0.25, 0.3) is 0 Å². The number of nitrogens with one attached hydrogen (secondary N) is 1. The van der Waals surface area contributed by atoms with Gasteiger partial charge in [-0.15, -0.1) is 0 Å². The molecule has 1 rings (SSSR count). The Morgan fingerprint density at radius 3 is 2.86 bits per heavy atom. The second-order valence-electron chi connectivity index (χ2n) is 2.74. The lowest BCUT2D eigenvalue weighted by Crippen LogP contribution is -2.26. The summed E-state index contributed by atoms with van der Waals surface area (Å²) in [6.45, 7) is 1.05. The molecule has 1 heterocycles. The molecule has 14 heavy (non-hydrogen) atoms. The van der Waals surface area contributed by atoms with Crippen LogP contribution in [0.1, 0.15) is 16.8 Å². The van der Waals surface area contributed by atoms with Crippen LogP contribution < -0.4 is 16.7 Å². The molecule has 76 valence electrons. The van der Waals surface area contributed by atoms with Crippen LogP contribution in [0.4, 0.5) is 0 Å². The van der Waals surface area contributed by atoms with Crippen molar-refractivity contribution in [2.45, 2.75) is 6.42 Å². The van der Waals surface area contributed by atoms with Crippen LogP contribution >= 0.6 is 0 Å². The number of hydrogen-bond donors (Lipinski definition) is 2. The number of carbonyl (C=O) groups excluding carboxylic acids is 1. The minimum atomic E-state index is -0.469. The van der Waals surface area contributed by atoms with Gasteiger partial charge in [-0.05, 0) is 19.0 Å². The minimum Gasteiger partial charge on any atom is -0.430 e. The predicted octanol–water partition coefficient (Wildman–Crippen LogP) is -0.282. The van der Waals surface area contributed by atoms with E-state index in [0.29, 0.717) is 18.7 Å². The zero-order chi connectivity index (χ0) is 10.4. The molecule has 0 radical (unpaired) electrons. The van der Waals surface area contributed by atoms with Gasteiger partial charge in [0.15, 0.2) is 0 Å². The van der Waals surface area contributed by atoms with Gasteiger partial charge in [-0.25, -0.2) is 4.79 Å². The minimum absolute atomic E-state index is 0.262. The zero-order valence-corrected chi connectivity index (χ0v) is 7.66. The third kappa shape index (κ3) is 3.02. The van der Waals surface area contributed by atoms with Crippen LogP contribution in [0.2, 0.25) is 0 Å². The molecule has 1 amide bonds. The van der Waals surface area contributed by atoms with Crippen LogP contribution in [0, 0.1) is 0 Å². The Balaban J connectivity index is 2.52. The highest BCUT2D eigenvalue weighted by atomic mass is 16.4. The summed E-state index contributed by atoms with van der Waals surface area (Å²) >= 11 is 0. The molecule has 1 aromatic rings. The third-order valence-corrected chi connectivity index (χ3v) is 1.63. The molecule has 0 atom stereocenters. The molecule has 0 bridgehead atoms. The van der Waals surface area contributed by atoms with Gasteiger partial charge in [-0.2, -0.15) is 0 Å². The second kappa shape index (κ2) is 5.18. The fourth-order valence-electron chi connectivity index (χ4n) is 0.893. The van der Waals surface area contributed by atoms with Crippen molar-refractivity contribution >= 4 is 5.91 Å². The summed E-state index contributed by atoms with van der Waals surface area (Å²) in [5, 5.41) is 2.64. The summed E-state index contributed by atoms with van der Waals surface area (Å²) < 4.78 is 4.54. The third-order valence-electron chi connectivity index (χ3n) is 1.63. The molecule has 3 N–H and O–H groups in total. The number of hydrogen-bond acceptors (Lipinski definition) is 4. The van der Waals surface area contributed by atoms with E-state index in [4.69, 9.17) is 5.73 Å². The van der Waals surface area contributed by atoms with Gasteiger partial charge in [0.2, 0.25) is 0 Å². The number of nitrogens with two attached hydrogens (primary N) is 1. The van der Waals surface area contributed by atoms with E-state index in [1.165, 1.54) is 12.1 Å². The van der Waals surface area contributed by atoms with Gasteiger partial charge in [0, 0.05) is 12.6 Å². The van der Waals surface area contributed by atoms with E-state index in [1.54, 1.807) is 0 Å². The van der Waals surface area contributed by atoms with E-state index < -0.39 is 5.63 Å². The first kappa shape index (κ1) is 10.5. The lowest BCUT2D eigenvalue weighted by atomic mass is 10.3. The van der Waals surface area contributed by atoms with Crippen LogP contribution in [0.15, 0.2) is 27.6 Å². The van der Waals surface area contributed by atoms with Gasteiger partial charge < -0.3 is 15.5 Å². The Kier molecular flexibility index (Phi) is 3.87. The molecule has 5 heteroatoms. The summed E-state index contributed by atoms with van der Waals surface area (Å²) in [4.78, 5) is 21.9. The van der Waals surface area contributed by atoms with Crippen LogP contribution in [-0.2, 0) is 0 Å². The van der Waals surface area contributed by atoms with Crippen molar-refractivity contribution in [3.05, 3.63) is 34.4 Å². The van der Waals surface area contributed by atoms with Gasteiger partial charge in [0.1, 0.15) is 6.26 Å². The fraction of sp³-hybridized carbons (Fsp3) is 0.333. The van der Waals surface area contributed by atoms with Crippen LogP contribution in [-0.4, -0.2) is 19.0 Å². The monoisotopic (exact) mass is 196 g/mol. The largest absolute Gasteiger partial charge is 0.430 e. The topological polar surface area (TPSA) is 85.3 Å². The number of amides is 1. The van der Waals surface area contributed by atoms with Gasteiger partial charge in [-0.1, -0.05) is 0 Å². The van der Waals surface area contributed by atoms with E-state index >= 15 is 0 Å². The van der Waals surface area contributed by atoms with Gasteiger partial charge in [0.25, 0.3) is 5.91 Å². The van der Waals surface area contributed by atoms with Gasteiger partial charge in [0.05, 0.1) is 5.56 Å². The average Bonchev–Trinajstić information content (AvgIpc) is 2.19. The number of rotatable bonds is 4. The van der Waals surface area contributed by atoms with Crippen molar-refractivity contribution < 1.29 is 9.21 Å². The fourth-order valence-corrected chi connectivity index (χ4v) is 0.893. The van der Waals surface area contributed by atoms with Crippen molar-refractivity contribution in [1.82, 2.24) is 5.32 Å². The maximum Gasteiger partial charge on any atom is 0.335 e. The molecule has 0 fully saturated rings. The smallest absolute Gasteiger partial charge is 0.335 e. The molecule has 0 saturated heterocycles. The van der Waals surface area contributed by atoms with Gasteiger partial charge >= 0.3 is 5.63 Å². The van der Waals surface area contributed by atoms with Crippen molar-refractivity contribution in [2.24, 2.45) is 5.73 Å². The normalized spacial score (nSPS) is 9.79. The van der Waals surface area contributed by atoms with Crippen molar-refractivity contribution in [2.75, 3.05) is 13.1 Å². The van der Waals surface area contributed by atoms with E-state index in [9.17, 15) is 9.59 Å². The summed E-state index contributed by atoms with van der Waals surface area (Å²) in [7, 11) is 0. The van der Waals surface area contributed by atoms with Crippen LogP contribution in [0.3, 0.4) is 0 Å². The maximum absolute atomic E-state index is 11.3. The molecule has 0 aliphatic carbocycles. The Labute approximate surface area is 80.9 Å². The molecule has 0 spiro atoms. The molecule has 0 aromatic carbocycles. The zero-order valence-electron chi connectivity index (χ0n) is 7.66. The molecule has 5 nitrogen and oxygen atoms in total. The summed E-state index contributed by atoms with van der Waals surface area (Å²) in [6.07, 6.45) is 1.86. The lowest BCUT2D eigenvalue weighted by molar-refractivity contribution is 0.0951. The highest BCUT2D eigenvalue weighted by Crippen LogP contribution is 1.94. The van der Waals surface area contributed by atoms with E-state index in [2.05, 4.69) is 9.73 Å². The van der Waals surface area contributed by atoms with Crippen molar-refractivity contribution in [3.8, 4) is 0 Å². The van der Waals surface area contributed by atoms with Crippen molar-refractivity contribution in [1.29, 1.82) is 0 Å². The second-order valence-corrected chi connectivity index (χ2v) is 2.74. The maximum atomic E-state index is 11.3. The summed E-state index contributed by atoms with van der Waals surface area (Å²) in [5.41, 5.74) is 5.13. The van der Waals surface area contributed by atoms with Crippen molar-refractivity contribution in [3.63, 3.8) is 0 Å². The SMILES string of the molecule is NCCCNC(=O)c1ccc(=O)oc1. The number of carbonyl (C=O) groups is 1. The highest BCUT2D eigenvalue weighted by molar-refractivity contribution is 5.93. The lowest BCUT2D eigenvalue weighted by Gasteiger charge is -2.02. The predicted molar refractivity (Wildman–Crippen MR) is 51.0 cm³/mol. The molecule has 0 saturated carbocycles. The van der Waals surface area contributed by atoms with E-state index in [1.807, 2.05) is 0 Å². The molecule has 0 aliphatic heterocycles. The average molecular weight is 196 g/mol. The Hall–Kier alpha value is -1.62. The Bertz CT molecular complexity index is 339. The summed E-state index contributed by atoms with van der Waals surface area (Å²) in [6, 6.07) is 2.63. The molecular weight excluding hydrogens is 184 g/mol. The first-order valence-corrected chi connectivity index (χ1v) is 4.31. The molecular formula is C9H12N2O3. The summed E-state index contributed by atoms with van der Waals surface area (Å²) in [5.74, 6) is -0.262. The first-order valence-electron chi connectivity index (χ1n) is 4.31. The van der Waals surface area contributed by atoms with Crippen LogP contribution in [0.5, 0.6) is 0 Å². The van der Waals surface area contributed by atoms with E-state index in [-0.39, 0.29) is 5.91 Å². The Morgan fingerprint density at radius 2 is 2.29 bits per heavy atom. The van der Waals surface area contributed by atoms with E-state index in [0.717, 1.165) is 12.7 Å². The molecule has 0 unspecified atom stereocenters.